The molecule has 3 aromatic rings. The SMILES string of the molecule is Cn1c(=S)c2[nH]c(SCC(=O)c3ccc(Cl)c(Cl)c3)nc2n(C)c1=O. The number of imidazole rings is 1. The van der Waals surface area contributed by atoms with Crippen molar-refractivity contribution in [2.45, 2.75) is 5.16 Å². The molecule has 6 nitrogen and oxygen atoms in total. The van der Waals surface area contributed by atoms with Crippen molar-refractivity contribution in [3.8, 4) is 0 Å². The average Bonchev–Trinajstić information content (AvgIpc) is 3.03. The summed E-state index contributed by atoms with van der Waals surface area (Å²) in [7, 11) is 3.22. The highest BCUT2D eigenvalue weighted by Crippen LogP contribution is 2.24. The highest BCUT2D eigenvalue weighted by atomic mass is 35.5. The first-order valence-electron chi connectivity index (χ1n) is 7.06. The van der Waals surface area contributed by atoms with Crippen LogP contribution in [0, 0.1) is 4.64 Å². The number of thioether (sulfide) groups is 1. The van der Waals surface area contributed by atoms with Crippen molar-refractivity contribution in [2.75, 3.05) is 5.75 Å². The maximum atomic E-state index is 12.3. The lowest BCUT2D eigenvalue weighted by Gasteiger charge is -2.02. The van der Waals surface area contributed by atoms with Gasteiger partial charge in [-0.25, -0.2) is 9.78 Å². The number of halogens is 2. The van der Waals surface area contributed by atoms with Gasteiger partial charge in [-0.2, -0.15) is 0 Å². The van der Waals surface area contributed by atoms with E-state index in [0.717, 1.165) is 0 Å². The van der Waals surface area contributed by atoms with Crippen LogP contribution in [0.15, 0.2) is 28.2 Å². The van der Waals surface area contributed by atoms with Crippen LogP contribution in [0.5, 0.6) is 0 Å². The van der Waals surface area contributed by atoms with Gasteiger partial charge in [0.1, 0.15) is 10.2 Å². The number of aryl methyl sites for hydroxylation is 1. The van der Waals surface area contributed by atoms with E-state index in [4.69, 9.17) is 35.4 Å². The minimum absolute atomic E-state index is 0.109. The summed E-state index contributed by atoms with van der Waals surface area (Å²) in [6.45, 7) is 0. The van der Waals surface area contributed by atoms with Gasteiger partial charge in [-0.1, -0.05) is 47.2 Å². The molecular formula is C15H12Cl2N4O2S2. The summed E-state index contributed by atoms with van der Waals surface area (Å²) in [6.07, 6.45) is 0. The summed E-state index contributed by atoms with van der Waals surface area (Å²) >= 11 is 18.3. The summed E-state index contributed by atoms with van der Waals surface area (Å²) in [5.41, 5.74) is 1.26. The first-order chi connectivity index (χ1) is 11.8. The summed E-state index contributed by atoms with van der Waals surface area (Å²) in [6, 6.07) is 4.75. The maximum absolute atomic E-state index is 12.3. The van der Waals surface area contributed by atoms with Crippen LogP contribution in [0.4, 0.5) is 0 Å². The van der Waals surface area contributed by atoms with E-state index in [2.05, 4.69) is 9.97 Å². The Morgan fingerprint density at radius 1 is 1.28 bits per heavy atom. The van der Waals surface area contributed by atoms with E-state index >= 15 is 0 Å². The average molecular weight is 415 g/mol. The second kappa shape index (κ2) is 6.95. The van der Waals surface area contributed by atoms with E-state index < -0.39 is 0 Å². The van der Waals surface area contributed by atoms with E-state index in [0.29, 0.717) is 36.6 Å². The van der Waals surface area contributed by atoms with Crippen LogP contribution in [0.2, 0.25) is 10.0 Å². The number of hydrogen-bond acceptors (Lipinski definition) is 5. The monoisotopic (exact) mass is 414 g/mol. The van der Waals surface area contributed by atoms with Crippen LogP contribution in [-0.4, -0.2) is 30.6 Å². The maximum Gasteiger partial charge on any atom is 0.330 e. The molecule has 0 aliphatic carbocycles. The van der Waals surface area contributed by atoms with Gasteiger partial charge in [-0.3, -0.25) is 13.9 Å². The number of aromatic amines is 1. The minimum atomic E-state index is -0.257. The topological polar surface area (TPSA) is 72.7 Å². The normalized spacial score (nSPS) is 11.2. The number of rotatable bonds is 4. The van der Waals surface area contributed by atoms with Gasteiger partial charge >= 0.3 is 5.69 Å². The second-order valence-corrected chi connectivity index (χ2v) is 7.45. The van der Waals surface area contributed by atoms with Crippen molar-refractivity contribution in [1.82, 2.24) is 19.1 Å². The van der Waals surface area contributed by atoms with E-state index in [1.165, 1.54) is 27.0 Å². The molecule has 0 spiro atoms. The number of carbonyl (C=O) groups excluding carboxylic acids is 1. The second-order valence-electron chi connectivity index (χ2n) is 5.29. The summed E-state index contributed by atoms with van der Waals surface area (Å²) in [4.78, 5) is 31.8. The predicted octanol–water partition coefficient (Wildman–Crippen LogP) is 3.61. The zero-order valence-corrected chi connectivity index (χ0v) is 16.3. The highest BCUT2D eigenvalue weighted by Gasteiger charge is 2.14. The fourth-order valence-corrected chi connectivity index (χ4v) is 3.54. The molecule has 0 atom stereocenters. The van der Waals surface area contributed by atoms with Crippen molar-refractivity contribution >= 4 is 64.1 Å². The summed E-state index contributed by atoms with van der Waals surface area (Å²) in [5.74, 6) is 0.0482. The number of nitrogens with zero attached hydrogens (tertiary/aromatic N) is 3. The molecule has 0 radical (unpaired) electrons. The van der Waals surface area contributed by atoms with Gasteiger partial charge in [0, 0.05) is 19.7 Å². The Morgan fingerprint density at radius 2 is 2.00 bits per heavy atom. The molecule has 0 saturated heterocycles. The molecule has 25 heavy (non-hydrogen) atoms. The van der Waals surface area contributed by atoms with Gasteiger partial charge < -0.3 is 4.98 Å². The zero-order valence-electron chi connectivity index (χ0n) is 13.2. The van der Waals surface area contributed by atoms with E-state index in [1.807, 2.05) is 0 Å². The van der Waals surface area contributed by atoms with Gasteiger partial charge in [0.25, 0.3) is 0 Å². The van der Waals surface area contributed by atoms with Gasteiger partial charge in [0.15, 0.2) is 16.6 Å². The molecule has 2 aromatic heterocycles. The molecule has 1 N–H and O–H groups in total. The van der Waals surface area contributed by atoms with E-state index in [9.17, 15) is 9.59 Å². The smallest absolute Gasteiger partial charge is 0.329 e. The quantitative estimate of drug-likeness (QED) is 0.401. The Bertz CT molecular complexity index is 1120. The van der Waals surface area contributed by atoms with Gasteiger partial charge in [-0.15, -0.1) is 0 Å². The van der Waals surface area contributed by atoms with Gasteiger partial charge in [0.2, 0.25) is 0 Å². The Labute approximate surface area is 161 Å². The fraction of sp³-hybridized carbons (Fsp3) is 0.200. The Kier molecular flexibility index (Phi) is 5.06. The number of benzene rings is 1. The van der Waals surface area contributed by atoms with Crippen molar-refractivity contribution in [1.29, 1.82) is 0 Å². The standard InChI is InChI=1S/C15H12Cl2N4O2S2/c1-20-12-11(13(24)21(2)15(20)23)18-14(19-12)25-6-10(22)7-3-4-8(16)9(17)5-7/h3-5H,6H2,1-2H3,(H,18,19). The Hall–Kier alpha value is -1.61. The van der Waals surface area contributed by atoms with E-state index in [1.54, 1.807) is 26.2 Å². The molecule has 0 saturated carbocycles. The molecule has 10 heteroatoms. The first kappa shape index (κ1) is 18.2. The lowest BCUT2D eigenvalue weighted by Crippen LogP contribution is -2.27. The number of hydrogen-bond donors (Lipinski definition) is 1. The van der Waals surface area contributed by atoms with Crippen LogP contribution < -0.4 is 5.69 Å². The number of ketones is 1. The highest BCUT2D eigenvalue weighted by molar-refractivity contribution is 7.99. The van der Waals surface area contributed by atoms with Crippen LogP contribution in [0.25, 0.3) is 11.2 Å². The molecule has 0 aliphatic heterocycles. The molecule has 0 aliphatic rings. The number of aromatic nitrogens is 4. The van der Waals surface area contributed by atoms with Crippen LogP contribution in [-0.2, 0) is 14.1 Å². The Balaban J connectivity index is 1.86. The molecule has 1 aromatic carbocycles. The van der Waals surface area contributed by atoms with Crippen molar-refractivity contribution < 1.29 is 4.79 Å². The van der Waals surface area contributed by atoms with Crippen LogP contribution in [0.3, 0.4) is 0 Å². The number of nitrogens with one attached hydrogen (secondary N) is 1. The Morgan fingerprint density at radius 3 is 2.68 bits per heavy atom. The lowest BCUT2D eigenvalue weighted by molar-refractivity contribution is 0.102. The predicted molar refractivity (Wildman–Crippen MR) is 103 cm³/mol. The van der Waals surface area contributed by atoms with Gasteiger partial charge in [-0.05, 0) is 18.2 Å². The first-order valence-corrected chi connectivity index (χ1v) is 9.21. The van der Waals surface area contributed by atoms with Crippen molar-refractivity contribution in [3.63, 3.8) is 0 Å². The van der Waals surface area contributed by atoms with Crippen molar-refractivity contribution in [2.24, 2.45) is 14.1 Å². The summed E-state index contributed by atoms with van der Waals surface area (Å²) < 4.78 is 3.14. The summed E-state index contributed by atoms with van der Waals surface area (Å²) in [5, 5.41) is 1.24. The van der Waals surface area contributed by atoms with Gasteiger partial charge in [0.05, 0.1) is 15.8 Å². The third-order valence-electron chi connectivity index (χ3n) is 3.65. The zero-order chi connectivity index (χ0) is 18.3. The molecular weight excluding hydrogens is 403 g/mol. The minimum Gasteiger partial charge on any atom is -0.329 e. The molecule has 2 heterocycles. The molecule has 130 valence electrons. The number of Topliss-reactive ketones (excluding diaryl/α,β-unsaturated/α-hetero) is 1. The van der Waals surface area contributed by atoms with Crippen LogP contribution in [0.1, 0.15) is 10.4 Å². The molecule has 3 rings (SSSR count). The van der Waals surface area contributed by atoms with Crippen molar-refractivity contribution in [3.05, 3.63) is 48.9 Å². The van der Waals surface area contributed by atoms with Crippen LogP contribution >= 0.6 is 47.2 Å². The molecule has 0 fully saturated rings. The number of carbonyl (C=O) groups is 1. The molecule has 0 unspecified atom stereocenters. The third-order valence-corrected chi connectivity index (χ3v) is 5.74. The number of H-pyrrole nitrogens is 1. The number of fused-ring (bicyclic) bond motifs is 1. The lowest BCUT2D eigenvalue weighted by atomic mass is 10.1. The largest absolute Gasteiger partial charge is 0.330 e. The fourth-order valence-electron chi connectivity index (χ4n) is 2.26. The molecule has 0 amide bonds. The van der Waals surface area contributed by atoms with E-state index in [-0.39, 0.29) is 17.2 Å². The molecule has 0 bridgehead atoms. The third kappa shape index (κ3) is 3.39.